The van der Waals surface area contributed by atoms with Crippen LogP contribution >= 0.6 is 0 Å². The summed E-state index contributed by atoms with van der Waals surface area (Å²) in [5.74, 6) is 1.60. The molecular weight excluding hydrogens is 256 g/mol. The maximum atomic E-state index is 10.1. The van der Waals surface area contributed by atoms with Crippen LogP contribution in [0.5, 0.6) is 0 Å². The molecule has 2 bridgehead atoms. The summed E-state index contributed by atoms with van der Waals surface area (Å²) in [4.78, 5) is 0. The second-order valence-corrected chi connectivity index (χ2v) is 9.75. The number of fused-ring (bicyclic) bond motifs is 3. The van der Waals surface area contributed by atoms with Crippen LogP contribution in [0, 0.1) is 33.5 Å². The molecule has 3 fully saturated rings. The smallest absolute Gasteiger partial charge is 0.0487 e. The summed E-state index contributed by atoms with van der Waals surface area (Å²) in [6.45, 7) is 7.82. The van der Waals surface area contributed by atoms with E-state index in [9.17, 15) is 5.11 Å². The zero-order valence-corrected chi connectivity index (χ0v) is 14.1. The molecule has 0 aliphatic heterocycles. The molecule has 1 N–H and O–H groups in total. The number of aliphatic hydroxyl groups excluding tert-OH is 1. The van der Waals surface area contributed by atoms with E-state index >= 15 is 0 Å². The second-order valence-electron chi connectivity index (χ2n) is 9.75. The highest BCUT2D eigenvalue weighted by molar-refractivity contribution is 5.25. The number of hydrogen-bond donors (Lipinski definition) is 1. The molecular formula is C20H32O. The molecule has 0 aromatic carbocycles. The maximum Gasteiger partial charge on any atom is 0.0487 e. The first-order valence-corrected chi connectivity index (χ1v) is 9.17. The van der Waals surface area contributed by atoms with Crippen molar-refractivity contribution in [2.75, 3.05) is 6.61 Å². The lowest BCUT2D eigenvalue weighted by Crippen LogP contribution is -2.57. The number of allylic oxidation sites excluding steroid dienone is 2. The zero-order chi connectivity index (χ0) is 14.9. The van der Waals surface area contributed by atoms with Gasteiger partial charge in [0.2, 0.25) is 0 Å². The largest absolute Gasteiger partial charge is 0.396 e. The Labute approximate surface area is 130 Å². The van der Waals surface area contributed by atoms with Crippen molar-refractivity contribution in [2.24, 2.45) is 33.5 Å². The van der Waals surface area contributed by atoms with E-state index in [4.69, 9.17) is 0 Å². The first kappa shape index (κ1) is 14.3. The van der Waals surface area contributed by atoms with Crippen molar-refractivity contribution < 1.29 is 5.11 Å². The van der Waals surface area contributed by atoms with Crippen LogP contribution in [0.3, 0.4) is 0 Å². The van der Waals surface area contributed by atoms with Crippen LogP contribution in [-0.2, 0) is 0 Å². The molecule has 0 amide bonds. The lowest BCUT2D eigenvalue weighted by atomic mass is 9.40. The standard InChI is InChI=1S/C20H32O/c1-17-9-5-16-19(3)8-4-7-18(2,14-21)15(19)6-10-20(16,13-17)12-11-17/h11-12,15-16,21H,4-10,13-14H2,1-3H3. The van der Waals surface area contributed by atoms with E-state index in [1.54, 1.807) is 0 Å². The van der Waals surface area contributed by atoms with Gasteiger partial charge in [0.25, 0.3) is 0 Å². The Morgan fingerprint density at radius 2 is 1.71 bits per heavy atom. The van der Waals surface area contributed by atoms with Crippen molar-refractivity contribution >= 4 is 0 Å². The third kappa shape index (κ3) is 1.73. The summed E-state index contributed by atoms with van der Waals surface area (Å²) in [7, 11) is 0. The van der Waals surface area contributed by atoms with E-state index in [0.29, 0.717) is 22.9 Å². The van der Waals surface area contributed by atoms with E-state index in [0.717, 1.165) is 11.8 Å². The van der Waals surface area contributed by atoms with Gasteiger partial charge in [0.1, 0.15) is 0 Å². The van der Waals surface area contributed by atoms with Crippen molar-refractivity contribution in [3.63, 3.8) is 0 Å². The van der Waals surface area contributed by atoms with Gasteiger partial charge in [-0.25, -0.2) is 0 Å². The van der Waals surface area contributed by atoms with Crippen molar-refractivity contribution in [2.45, 2.75) is 72.1 Å². The Bertz CT molecular complexity index is 482. The van der Waals surface area contributed by atoms with Crippen molar-refractivity contribution in [3.05, 3.63) is 12.2 Å². The van der Waals surface area contributed by atoms with Crippen LogP contribution < -0.4 is 0 Å². The molecule has 6 atom stereocenters. The third-order valence-electron chi connectivity index (χ3n) is 8.41. The highest BCUT2D eigenvalue weighted by Gasteiger charge is 2.63. The van der Waals surface area contributed by atoms with Crippen LogP contribution in [0.1, 0.15) is 72.1 Å². The monoisotopic (exact) mass is 288 g/mol. The average molecular weight is 288 g/mol. The van der Waals surface area contributed by atoms with Crippen LogP contribution in [0.4, 0.5) is 0 Å². The van der Waals surface area contributed by atoms with Crippen LogP contribution in [0.15, 0.2) is 12.2 Å². The fraction of sp³-hybridized carbons (Fsp3) is 0.900. The molecule has 3 saturated carbocycles. The number of rotatable bonds is 1. The molecule has 21 heavy (non-hydrogen) atoms. The average Bonchev–Trinajstić information content (AvgIpc) is 2.69. The Kier molecular flexibility index (Phi) is 2.83. The van der Waals surface area contributed by atoms with E-state index in [-0.39, 0.29) is 5.41 Å². The second kappa shape index (κ2) is 4.16. The van der Waals surface area contributed by atoms with E-state index in [2.05, 4.69) is 32.9 Å². The minimum absolute atomic E-state index is 0.178. The fourth-order valence-electron chi connectivity index (χ4n) is 7.46. The van der Waals surface area contributed by atoms with Gasteiger partial charge in [0.05, 0.1) is 0 Å². The molecule has 0 heterocycles. The van der Waals surface area contributed by atoms with Gasteiger partial charge in [-0.05, 0) is 78.4 Å². The summed E-state index contributed by atoms with van der Waals surface area (Å²) in [6, 6.07) is 0. The number of hydrogen-bond acceptors (Lipinski definition) is 1. The molecule has 4 aliphatic carbocycles. The highest BCUT2D eigenvalue weighted by atomic mass is 16.3. The molecule has 1 spiro atoms. The predicted octanol–water partition coefficient (Wildman–Crippen LogP) is 4.95. The quantitative estimate of drug-likeness (QED) is 0.677. The first-order chi connectivity index (χ1) is 9.86. The maximum absolute atomic E-state index is 10.1. The summed E-state index contributed by atoms with van der Waals surface area (Å²) in [6.07, 6.45) is 16.1. The van der Waals surface area contributed by atoms with Crippen LogP contribution in [0.25, 0.3) is 0 Å². The molecule has 0 aromatic heterocycles. The molecule has 1 heteroatoms. The summed E-state index contributed by atoms with van der Waals surface area (Å²) in [5.41, 5.74) is 1.64. The lowest BCUT2D eigenvalue weighted by molar-refractivity contribution is -0.154. The molecule has 118 valence electrons. The third-order valence-corrected chi connectivity index (χ3v) is 8.41. The van der Waals surface area contributed by atoms with Gasteiger partial charge in [0, 0.05) is 6.61 Å². The zero-order valence-electron chi connectivity index (χ0n) is 14.1. The Morgan fingerprint density at radius 1 is 0.952 bits per heavy atom. The summed E-state index contributed by atoms with van der Waals surface area (Å²) in [5, 5.41) is 10.1. The van der Waals surface area contributed by atoms with Crippen molar-refractivity contribution in [1.82, 2.24) is 0 Å². The fourth-order valence-corrected chi connectivity index (χ4v) is 7.46. The van der Waals surface area contributed by atoms with Crippen LogP contribution in [-0.4, -0.2) is 11.7 Å². The molecule has 1 nitrogen and oxygen atoms in total. The van der Waals surface area contributed by atoms with Gasteiger partial charge in [-0.1, -0.05) is 39.3 Å². The van der Waals surface area contributed by atoms with Gasteiger partial charge < -0.3 is 5.11 Å². The van der Waals surface area contributed by atoms with Crippen LogP contribution in [0.2, 0.25) is 0 Å². The molecule has 6 unspecified atom stereocenters. The van der Waals surface area contributed by atoms with Gasteiger partial charge in [-0.15, -0.1) is 0 Å². The Hall–Kier alpha value is -0.300. The van der Waals surface area contributed by atoms with E-state index in [1.807, 2.05) is 0 Å². The molecule has 0 saturated heterocycles. The van der Waals surface area contributed by atoms with Gasteiger partial charge in [0.15, 0.2) is 0 Å². The summed E-state index contributed by atoms with van der Waals surface area (Å²) < 4.78 is 0. The van der Waals surface area contributed by atoms with Gasteiger partial charge in [-0.2, -0.15) is 0 Å². The van der Waals surface area contributed by atoms with Gasteiger partial charge >= 0.3 is 0 Å². The Balaban J connectivity index is 1.74. The predicted molar refractivity (Wildman–Crippen MR) is 86.9 cm³/mol. The van der Waals surface area contributed by atoms with E-state index in [1.165, 1.54) is 51.4 Å². The molecule has 0 radical (unpaired) electrons. The Morgan fingerprint density at radius 3 is 2.48 bits per heavy atom. The normalized spacial score (nSPS) is 58.7. The molecule has 0 aromatic rings. The lowest BCUT2D eigenvalue weighted by Gasteiger charge is -2.64. The van der Waals surface area contributed by atoms with Crippen molar-refractivity contribution in [1.29, 1.82) is 0 Å². The highest BCUT2D eigenvalue weighted by Crippen LogP contribution is 2.71. The van der Waals surface area contributed by atoms with Crippen molar-refractivity contribution in [3.8, 4) is 0 Å². The number of aliphatic hydroxyl groups is 1. The topological polar surface area (TPSA) is 20.2 Å². The molecule has 4 aliphatic rings. The first-order valence-electron chi connectivity index (χ1n) is 9.17. The van der Waals surface area contributed by atoms with Gasteiger partial charge in [-0.3, -0.25) is 0 Å². The minimum Gasteiger partial charge on any atom is -0.396 e. The molecule has 4 rings (SSSR count). The summed E-state index contributed by atoms with van der Waals surface area (Å²) >= 11 is 0. The SMILES string of the molecule is CC12C=CC3(CCC4C(C)(CO)CCCC4(C)C3CC1)C2. The minimum atomic E-state index is 0.178. The van der Waals surface area contributed by atoms with E-state index < -0.39 is 0 Å².